The highest BCUT2D eigenvalue weighted by molar-refractivity contribution is 5.84. The van der Waals surface area contributed by atoms with Crippen LogP contribution in [0.15, 0.2) is 36.4 Å². The van der Waals surface area contributed by atoms with Crippen LogP contribution in [0.1, 0.15) is 82.4 Å². The van der Waals surface area contributed by atoms with Crippen molar-refractivity contribution in [3.63, 3.8) is 0 Å². The lowest BCUT2D eigenvalue weighted by molar-refractivity contribution is -0.146. The van der Waals surface area contributed by atoms with E-state index in [1.165, 1.54) is 16.7 Å². The quantitative estimate of drug-likeness (QED) is 0.382. The maximum Gasteiger partial charge on any atom is 0.229 e. The standard InChI is InChI=1S/C33H45FN2O3/c1-5-38-30-19-26-14-18-36(22-27(26)20-31(30)39-6-2)32(37)33(23(3)4)15-11-29(21-33)35-16-12-25(13-17-35)24-7-9-28(34)10-8-24/h7-10,19-20,23,25,29H,5-6,11-18,21-22H2,1-4H3/t29-,33+/m1/s1. The van der Waals surface area contributed by atoms with Gasteiger partial charge in [-0.15, -0.1) is 0 Å². The zero-order chi connectivity index (χ0) is 27.6. The topological polar surface area (TPSA) is 42.0 Å². The second-order valence-corrected chi connectivity index (χ2v) is 12.0. The van der Waals surface area contributed by atoms with Crippen molar-refractivity contribution in [3.8, 4) is 11.5 Å². The Morgan fingerprint density at radius 2 is 1.62 bits per heavy atom. The van der Waals surface area contributed by atoms with Crippen LogP contribution in [0.4, 0.5) is 4.39 Å². The fourth-order valence-corrected chi connectivity index (χ4v) is 7.25. The smallest absolute Gasteiger partial charge is 0.229 e. The molecule has 39 heavy (non-hydrogen) atoms. The molecular weight excluding hydrogens is 491 g/mol. The zero-order valence-corrected chi connectivity index (χ0v) is 24.2. The lowest BCUT2D eigenvalue weighted by Gasteiger charge is -2.41. The molecule has 0 bridgehead atoms. The number of fused-ring (bicyclic) bond motifs is 1. The van der Waals surface area contributed by atoms with Gasteiger partial charge in [-0.1, -0.05) is 26.0 Å². The van der Waals surface area contributed by atoms with E-state index in [-0.39, 0.29) is 11.2 Å². The Kier molecular flexibility index (Phi) is 8.51. The van der Waals surface area contributed by atoms with Gasteiger partial charge in [-0.05, 0) is 118 Å². The van der Waals surface area contributed by atoms with Gasteiger partial charge in [0.15, 0.2) is 11.5 Å². The van der Waals surface area contributed by atoms with Gasteiger partial charge in [-0.25, -0.2) is 4.39 Å². The van der Waals surface area contributed by atoms with E-state index in [9.17, 15) is 9.18 Å². The molecule has 2 heterocycles. The van der Waals surface area contributed by atoms with Gasteiger partial charge in [-0.3, -0.25) is 4.79 Å². The van der Waals surface area contributed by atoms with E-state index in [1.807, 2.05) is 26.0 Å². The summed E-state index contributed by atoms with van der Waals surface area (Å²) in [5.74, 6) is 2.54. The molecule has 0 aromatic heterocycles. The van der Waals surface area contributed by atoms with Crippen LogP contribution in [0.2, 0.25) is 0 Å². The lowest BCUT2D eigenvalue weighted by atomic mass is 9.73. The van der Waals surface area contributed by atoms with Gasteiger partial charge in [0.1, 0.15) is 5.82 Å². The first kappa shape index (κ1) is 27.9. The van der Waals surface area contributed by atoms with Crippen molar-refractivity contribution in [1.82, 2.24) is 9.80 Å². The Labute approximate surface area is 233 Å². The summed E-state index contributed by atoms with van der Waals surface area (Å²) in [5.41, 5.74) is 3.39. The summed E-state index contributed by atoms with van der Waals surface area (Å²) in [7, 11) is 0. The van der Waals surface area contributed by atoms with Gasteiger partial charge in [0.25, 0.3) is 0 Å². The van der Waals surface area contributed by atoms with Crippen molar-refractivity contribution in [3.05, 3.63) is 58.9 Å². The molecule has 1 saturated carbocycles. The van der Waals surface area contributed by atoms with Crippen LogP contribution in [-0.4, -0.2) is 54.6 Å². The number of hydrogen-bond donors (Lipinski definition) is 0. The summed E-state index contributed by atoms with van der Waals surface area (Å²) in [5, 5.41) is 0. The zero-order valence-electron chi connectivity index (χ0n) is 24.2. The molecule has 1 aliphatic carbocycles. The van der Waals surface area contributed by atoms with Gasteiger partial charge in [-0.2, -0.15) is 0 Å². The number of hydrogen-bond acceptors (Lipinski definition) is 4. The highest BCUT2D eigenvalue weighted by atomic mass is 19.1. The van der Waals surface area contributed by atoms with E-state index in [2.05, 4.69) is 35.8 Å². The van der Waals surface area contributed by atoms with Gasteiger partial charge in [0.05, 0.1) is 18.6 Å². The molecule has 6 heteroatoms. The average Bonchev–Trinajstić information content (AvgIpc) is 3.41. The number of carbonyl (C=O) groups excluding carboxylic acids is 1. The number of nitrogens with zero attached hydrogens (tertiary/aromatic N) is 2. The monoisotopic (exact) mass is 536 g/mol. The molecule has 212 valence electrons. The number of halogens is 1. The Morgan fingerprint density at radius 3 is 2.23 bits per heavy atom. The van der Waals surface area contributed by atoms with Crippen LogP contribution >= 0.6 is 0 Å². The molecular formula is C33H45FN2O3. The second-order valence-electron chi connectivity index (χ2n) is 12.0. The summed E-state index contributed by atoms with van der Waals surface area (Å²) in [6.45, 7) is 13.1. The number of likely N-dealkylation sites (tertiary alicyclic amines) is 1. The first-order valence-corrected chi connectivity index (χ1v) is 15.0. The molecule has 0 N–H and O–H groups in total. The van der Waals surface area contributed by atoms with E-state index < -0.39 is 0 Å². The Balaban J connectivity index is 1.26. The summed E-state index contributed by atoms with van der Waals surface area (Å²) < 4.78 is 25.1. The molecule has 5 nitrogen and oxygen atoms in total. The van der Waals surface area contributed by atoms with E-state index in [4.69, 9.17) is 9.47 Å². The molecule has 2 aromatic rings. The number of rotatable bonds is 8. The molecule has 2 fully saturated rings. The third kappa shape index (κ3) is 5.68. The van der Waals surface area contributed by atoms with E-state index in [1.54, 1.807) is 12.1 Å². The average molecular weight is 537 g/mol. The van der Waals surface area contributed by atoms with Gasteiger partial charge >= 0.3 is 0 Å². The highest BCUT2D eigenvalue weighted by Gasteiger charge is 2.50. The predicted molar refractivity (Wildman–Crippen MR) is 153 cm³/mol. The van der Waals surface area contributed by atoms with Gasteiger partial charge in [0, 0.05) is 19.1 Å². The third-order valence-corrected chi connectivity index (χ3v) is 9.61. The fourth-order valence-electron chi connectivity index (χ4n) is 7.25. The van der Waals surface area contributed by atoms with Crippen LogP contribution in [0, 0.1) is 17.2 Å². The predicted octanol–water partition coefficient (Wildman–Crippen LogP) is 6.58. The maximum absolute atomic E-state index is 14.3. The van der Waals surface area contributed by atoms with Crippen LogP contribution in [0.3, 0.4) is 0 Å². The minimum Gasteiger partial charge on any atom is -0.490 e. The van der Waals surface area contributed by atoms with Gasteiger partial charge in [0.2, 0.25) is 5.91 Å². The SMILES string of the molecule is CCOc1cc2c(cc1OCC)CN(C(=O)[C@@]1(C(C)C)CC[C@@H](N3CCC(c4ccc(F)cc4)CC3)C1)CC2. The second kappa shape index (κ2) is 11.9. The van der Waals surface area contributed by atoms with E-state index in [0.29, 0.717) is 43.5 Å². The van der Waals surface area contributed by atoms with Crippen molar-refractivity contribution in [2.75, 3.05) is 32.8 Å². The third-order valence-electron chi connectivity index (χ3n) is 9.61. The molecule has 1 saturated heterocycles. The molecule has 2 atom stereocenters. The fraction of sp³-hybridized carbons (Fsp3) is 0.606. The number of ether oxygens (including phenoxy) is 2. The Hall–Kier alpha value is -2.60. The molecule has 3 aliphatic rings. The summed E-state index contributed by atoms with van der Waals surface area (Å²) in [6.07, 6.45) is 6.04. The first-order chi connectivity index (χ1) is 18.8. The van der Waals surface area contributed by atoms with Crippen LogP contribution in [0.25, 0.3) is 0 Å². The minimum atomic E-state index is -0.302. The summed E-state index contributed by atoms with van der Waals surface area (Å²) in [6, 6.07) is 11.7. The molecule has 5 rings (SSSR count). The van der Waals surface area contributed by atoms with Crippen LogP contribution in [-0.2, 0) is 17.8 Å². The van der Waals surface area contributed by atoms with Gasteiger partial charge < -0.3 is 19.3 Å². The van der Waals surface area contributed by atoms with Crippen molar-refractivity contribution in [2.45, 2.75) is 84.7 Å². The molecule has 1 amide bonds. The summed E-state index contributed by atoms with van der Waals surface area (Å²) in [4.78, 5) is 19.0. The van der Waals surface area contributed by atoms with Crippen LogP contribution in [0.5, 0.6) is 11.5 Å². The number of piperidine rings is 1. The summed E-state index contributed by atoms with van der Waals surface area (Å²) >= 11 is 0. The largest absolute Gasteiger partial charge is 0.490 e. The van der Waals surface area contributed by atoms with Crippen molar-refractivity contribution < 1.29 is 18.7 Å². The highest BCUT2D eigenvalue weighted by Crippen LogP contribution is 2.49. The molecule has 2 aliphatic heterocycles. The van der Waals surface area contributed by atoms with Crippen molar-refractivity contribution >= 4 is 5.91 Å². The maximum atomic E-state index is 14.3. The Bertz CT molecular complexity index is 1140. The Morgan fingerprint density at radius 1 is 0.974 bits per heavy atom. The molecule has 0 radical (unpaired) electrons. The van der Waals surface area contributed by atoms with E-state index >= 15 is 0 Å². The van der Waals surface area contributed by atoms with Crippen molar-refractivity contribution in [2.24, 2.45) is 11.3 Å². The molecule has 2 aromatic carbocycles. The van der Waals surface area contributed by atoms with Crippen molar-refractivity contribution in [1.29, 1.82) is 0 Å². The molecule has 0 spiro atoms. The normalized spacial score (nSPS) is 24.2. The van der Waals surface area contributed by atoms with E-state index in [0.717, 1.165) is 69.7 Å². The first-order valence-electron chi connectivity index (χ1n) is 15.0. The lowest BCUT2D eigenvalue weighted by Crippen LogP contribution is -2.48. The number of amides is 1. The number of carbonyl (C=O) groups is 1. The minimum absolute atomic E-state index is 0.168. The molecule has 0 unspecified atom stereocenters. The number of benzene rings is 2. The van der Waals surface area contributed by atoms with Crippen LogP contribution < -0.4 is 9.47 Å².